The third kappa shape index (κ3) is 5.47. The number of para-hydroxylation sites is 2. The minimum atomic E-state index is -0.448. The first-order valence-corrected chi connectivity index (χ1v) is 22.0. The van der Waals surface area contributed by atoms with Gasteiger partial charge in [0.05, 0.1) is 16.8 Å². The van der Waals surface area contributed by atoms with Crippen LogP contribution in [0.3, 0.4) is 0 Å². The standard InChI is InChI=1S/C59H40N2O2/c1-2-15-38(16-3-1)52-36-53(39-31-29-37(30-32-39)42-22-14-23-46-45-20-8-12-27-54(45)63-57(42)46)61-58(60-52)47-21-5-4-17-41(47)40-33-34-51-56(35-40)62-55-28-13-11-26-50(55)59(51)48-24-9-6-18-43(48)44-19-7-10-25-49(44)59/h1-2,4-15,17-27,29-36,55H,3,16,28H2. The van der Waals surface area contributed by atoms with Crippen molar-refractivity contribution in [1.29, 1.82) is 0 Å². The fraction of sp³-hybridized carbons (Fsp3) is 0.0847. The Labute approximate surface area is 365 Å². The van der Waals surface area contributed by atoms with Crippen molar-refractivity contribution < 1.29 is 9.15 Å². The third-order valence-corrected chi connectivity index (χ3v) is 13.6. The van der Waals surface area contributed by atoms with Crippen LogP contribution in [-0.2, 0) is 5.41 Å². The summed E-state index contributed by atoms with van der Waals surface area (Å²) in [5.41, 5.74) is 18.4. The minimum Gasteiger partial charge on any atom is -0.485 e. The van der Waals surface area contributed by atoms with E-state index in [1.165, 1.54) is 39.0 Å². The van der Waals surface area contributed by atoms with Gasteiger partial charge in [0.25, 0.3) is 0 Å². The van der Waals surface area contributed by atoms with E-state index >= 15 is 0 Å². The van der Waals surface area contributed by atoms with Crippen LogP contribution in [0.25, 0.3) is 83.5 Å². The zero-order chi connectivity index (χ0) is 41.5. The largest absolute Gasteiger partial charge is 0.485 e. The molecule has 7 aromatic carbocycles. The number of aromatic nitrogens is 2. The Bertz CT molecular complexity index is 3430. The van der Waals surface area contributed by atoms with E-state index in [0.717, 1.165) is 91.7 Å². The fourth-order valence-corrected chi connectivity index (χ4v) is 10.7. The van der Waals surface area contributed by atoms with Crippen molar-refractivity contribution in [3.8, 4) is 61.8 Å². The van der Waals surface area contributed by atoms with Gasteiger partial charge in [-0.1, -0.05) is 182 Å². The highest BCUT2D eigenvalue weighted by atomic mass is 16.5. The van der Waals surface area contributed by atoms with Gasteiger partial charge in [-0.25, -0.2) is 9.97 Å². The van der Waals surface area contributed by atoms with E-state index in [0.29, 0.717) is 5.82 Å². The summed E-state index contributed by atoms with van der Waals surface area (Å²) in [6.45, 7) is 0. The molecule has 63 heavy (non-hydrogen) atoms. The summed E-state index contributed by atoms with van der Waals surface area (Å²) < 4.78 is 13.5. The Morgan fingerprint density at radius 3 is 1.98 bits per heavy atom. The molecule has 1 spiro atoms. The second-order valence-electron chi connectivity index (χ2n) is 17.0. The van der Waals surface area contributed by atoms with Gasteiger partial charge in [0.15, 0.2) is 5.82 Å². The molecule has 0 saturated heterocycles. The molecule has 0 saturated carbocycles. The lowest BCUT2D eigenvalue weighted by atomic mass is 9.63. The van der Waals surface area contributed by atoms with Crippen LogP contribution in [0.15, 0.2) is 210 Å². The van der Waals surface area contributed by atoms with E-state index in [1.807, 2.05) is 12.1 Å². The predicted octanol–water partition coefficient (Wildman–Crippen LogP) is 14.7. The van der Waals surface area contributed by atoms with Gasteiger partial charge < -0.3 is 9.15 Å². The number of hydrogen-bond donors (Lipinski definition) is 0. The lowest BCUT2D eigenvalue weighted by Gasteiger charge is -2.45. The molecule has 4 heteroatoms. The van der Waals surface area contributed by atoms with Crippen LogP contribution in [0.2, 0.25) is 0 Å². The maximum atomic E-state index is 7.05. The van der Waals surface area contributed by atoms with Gasteiger partial charge >= 0.3 is 0 Å². The number of furan rings is 1. The molecule has 4 aliphatic rings. The molecule has 0 amide bonds. The van der Waals surface area contributed by atoms with Crippen LogP contribution in [-0.4, -0.2) is 16.1 Å². The van der Waals surface area contributed by atoms with Crippen molar-refractivity contribution in [2.45, 2.75) is 30.8 Å². The Morgan fingerprint density at radius 2 is 1.17 bits per heavy atom. The molecule has 0 radical (unpaired) electrons. The van der Waals surface area contributed by atoms with Crippen LogP contribution >= 0.6 is 0 Å². The van der Waals surface area contributed by atoms with Gasteiger partial charge in [0, 0.05) is 39.4 Å². The van der Waals surface area contributed by atoms with Gasteiger partial charge in [-0.15, -0.1) is 0 Å². The van der Waals surface area contributed by atoms with E-state index in [2.05, 4.69) is 188 Å². The molecule has 1 unspecified atom stereocenters. The first kappa shape index (κ1) is 35.9. The van der Waals surface area contributed by atoms with Gasteiger partial charge in [0.2, 0.25) is 0 Å². The molecule has 0 N–H and O–H groups in total. The molecule has 0 fully saturated rings. The highest BCUT2D eigenvalue weighted by Crippen LogP contribution is 2.61. The maximum absolute atomic E-state index is 7.05. The maximum Gasteiger partial charge on any atom is 0.161 e. The molecule has 3 aliphatic carbocycles. The van der Waals surface area contributed by atoms with Crippen molar-refractivity contribution in [3.63, 3.8) is 0 Å². The molecule has 1 atom stereocenters. The Kier molecular flexibility index (Phi) is 8.04. The smallest absolute Gasteiger partial charge is 0.161 e. The number of ether oxygens (including phenoxy) is 1. The lowest BCUT2D eigenvalue weighted by molar-refractivity contribution is 0.205. The van der Waals surface area contributed by atoms with Crippen LogP contribution in [0.1, 0.15) is 41.6 Å². The van der Waals surface area contributed by atoms with Crippen molar-refractivity contribution >= 4 is 27.5 Å². The molecule has 13 rings (SSSR count). The average molecular weight is 809 g/mol. The Morgan fingerprint density at radius 1 is 0.508 bits per heavy atom. The minimum absolute atomic E-state index is 0.0781. The number of fused-ring (bicyclic) bond motifs is 12. The van der Waals surface area contributed by atoms with Crippen LogP contribution < -0.4 is 4.74 Å². The zero-order valence-corrected chi connectivity index (χ0v) is 34.5. The van der Waals surface area contributed by atoms with E-state index in [1.54, 1.807) is 0 Å². The first-order valence-electron chi connectivity index (χ1n) is 22.0. The number of nitrogens with zero attached hydrogens (tertiary/aromatic N) is 2. The molecular formula is C59H40N2O2. The molecule has 2 aromatic heterocycles. The number of hydrogen-bond acceptors (Lipinski definition) is 4. The Balaban J connectivity index is 0.936. The van der Waals surface area contributed by atoms with Crippen molar-refractivity contribution in [2.75, 3.05) is 0 Å². The third-order valence-electron chi connectivity index (χ3n) is 13.6. The van der Waals surface area contributed by atoms with Crippen molar-refractivity contribution in [2.24, 2.45) is 0 Å². The normalized spacial score (nSPS) is 16.5. The highest BCUT2D eigenvalue weighted by Gasteiger charge is 2.53. The van der Waals surface area contributed by atoms with Gasteiger partial charge in [-0.3, -0.25) is 0 Å². The Hall–Kier alpha value is -7.82. The number of allylic oxidation sites excluding steroid dienone is 6. The van der Waals surface area contributed by atoms with E-state index in [9.17, 15) is 0 Å². The van der Waals surface area contributed by atoms with Crippen LogP contribution in [0, 0.1) is 0 Å². The molecule has 0 bridgehead atoms. The molecule has 1 aliphatic heterocycles. The SMILES string of the molecule is C1=CCCC(c2cc(-c3ccc(-c4cccc5c4oc4ccccc45)cc3)nc(-c3ccccc3-c3ccc4c(c3)OC3CC=CC=C3C43c4ccccc4-c4ccccc43)n2)=C1. The van der Waals surface area contributed by atoms with Crippen LogP contribution in [0.5, 0.6) is 5.75 Å². The number of rotatable bonds is 5. The predicted molar refractivity (Wildman–Crippen MR) is 255 cm³/mol. The average Bonchev–Trinajstić information content (AvgIpc) is 3.88. The second-order valence-corrected chi connectivity index (χ2v) is 17.0. The zero-order valence-electron chi connectivity index (χ0n) is 34.5. The summed E-state index contributed by atoms with van der Waals surface area (Å²) in [6, 6.07) is 58.7. The van der Waals surface area contributed by atoms with Gasteiger partial charge in [-0.2, -0.15) is 0 Å². The highest BCUT2D eigenvalue weighted by molar-refractivity contribution is 6.09. The monoisotopic (exact) mass is 808 g/mol. The van der Waals surface area contributed by atoms with Gasteiger partial charge in [-0.05, 0) is 81.1 Å². The van der Waals surface area contributed by atoms with Crippen molar-refractivity contribution in [3.05, 3.63) is 228 Å². The molecule has 9 aromatic rings. The summed E-state index contributed by atoms with van der Waals surface area (Å²) in [5.74, 6) is 1.61. The van der Waals surface area contributed by atoms with E-state index in [4.69, 9.17) is 19.1 Å². The molecule has 4 nitrogen and oxygen atoms in total. The summed E-state index contributed by atoms with van der Waals surface area (Å²) in [6.07, 6.45) is 15.9. The summed E-state index contributed by atoms with van der Waals surface area (Å²) in [4.78, 5) is 10.7. The molecule has 3 heterocycles. The molecular weight excluding hydrogens is 769 g/mol. The lowest BCUT2D eigenvalue weighted by Crippen LogP contribution is -2.42. The van der Waals surface area contributed by atoms with E-state index < -0.39 is 5.41 Å². The fourth-order valence-electron chi connectivity index (χ4n) is 10.7. The van der Waals surface area contributed by atoms with E-state index in [-0.39, 0.29) is 6.10 Å². The number of benzene rings is 7. The second kappa shape index (κ2) is 14.1. The topological polar surface area (TPSA) is 48.2 Å². The van der Waals surface area contributed by atoms with Crippen LogP contribution in [0.4, 0.5) is 0 Å². The summed E-state index contributed by atoms with van der Waals surface area (Å²) >= 11 is 0. The molecule has 298 valence electrons. The quantitative estimate of drug-likeness (QED) is 0.174. The van der Waals surface area contributed by atoms with Gasteiger partial charge in [0.1, 0.15) is 23.0 Å². The first-order chi connectivity index (χ1) is 31.2. The van der Waals surface area contributed by atoms with Crippen molar-refractivity contribution in [1.82, 2.24) is 9.97 Å². The summed E-state index contributed by atoms with van der Waals surface area (Å²) in [7, 11) is 0. The summed E-state index contributed by atoms with van der Waals surface area (Å²) in [5, 5.41) is 2.25.